The van der Waals surface area contributed by atoms with Crippen LogP contribution in [-0.4, -0.2) is 40.7 Å². The molecular formula is C29H36N2O3. The maximum Gasteiger partial charge on any atom is 0.306 e. The first-order chi connectivity index (χ1) is 16.6. The molecule has 2 bridgehead atoms. The molecule has 2 aromatic carbocycles. The highest BCUT2D eigenvalue weighted by Gasteiger charge is 2.42. The Morgan fingerprint density at radius 3 is 2.47 bits per heavy atom. The van der Waals surface area contributed by atoms with E-state index in [0.29, 0.717) is 17.6 Å². The van der Waals surface area contributed by atoms with Crippen molar-refractivity contribution in [3.8, 4) is 11.8 Å². The van der Waals surface area contributed by atoms with Crippen molar-refractivity contribution in [3.05, 3.63) is 41.5 Å². The summed E-state index contributed by atoms with van der Waals surface area (Å²) in [7, 11) is 0. The number of nitriles is 1. The van der Waals surface area contributed by atoms with Gasteiger partial charge >= 0.3 is 5.97 Å². The first-order valence-corrected chi connectivity index (χ1v) is 13.2. The Balaban J connectivity index is 1.26. The molecule has 0 spiro atoms. The van der Waals surface area contributed by atoms with Crippen molar-refractivity contribution in [2.45, 2.75) is 89.3 Å². The lowest BCUT2D eigenvalue weighted by molar-refractivity contribution is -0.144. The Morgan fingerprint density at radius 2 is 1.82 bits per heavy atom. The predicted molar refractivity (Wildman–Crippen MR) is 133 cm³/mol. The standard InChI is InChI=1S/C29H36N2O3/c1-2-19-3-9-25(10-4-19)34-28-12-6-21-15-20(5-11-26(21)27(28)18-30)13-14-31-23-7-8-24(31)17-22(16-23)29(32)33/h5-6,11-12,15,19,22-25H,2-4,7-10,13-14,16-17H2,1H3,(H,32,33). The minimum absolute atomic E-state index is 0.170. The second kappa shape index (κ2) is 9.96. The lowest BCUT2D eigenvalue weighted by atomic mass is 9.86. The highest BCUT2D eigenvalue weighted by Crippen LogP contribution is 2.39. The van der Waals surface area contributed by atoms with E-state index in [1.807, 2.05) is 6.07 Å². The van der Waals surface area contributed by atoms with Gasteiger partial charge in [-0.1, -0.05) is 37.6 Å². The van der Waals surface area contributed by atoms with Gasteiger partial charge in [-0.2, -0.15) is 5.26 Å². The molecule has 5 rings (SSSR count). The van der Waals surface area contributed by atoms with Crippen LogP contribution in [0.1, 0.15) is 75.8 Å². The van der Waals surface area contributed by atoms with Crippen LogP contribution in [0.2, 0.25) is 0 Å². The van der Waals surface area contributed by atoms with Crippen molar-refractivity contribution < 1.29 is 14.6 Å². The third kappa shape index (κ3) is 4.66. The number of aliphatic carboxylic acids is 1. The average molecular weight is 461 g/mol. The number of carboxylic acid groups (broad SMARTS) is 1. The molecule has 2 unspecified atom stereocenters. The molecule has 1 saturated carbocycles. The van der Waals surface area contributed by atoms with Gasteiger partial charge in [0.25, 0.3) is 0 Å². The van der Waals surface area contributed by atoms with E-state index in [0.717, 1.165) is 73.9 Å². The summed E-state index contributed by atoms with van der Waals surface area (Å²) in [6, 6.07) is 13.7. The normalized spacial score (nSPS) is 29.1. The molecular weight excluding hydrogens is 424 g/mol. The van der Waals surface area contributed by atoms with Crippen LogP contribution in [0.4, 0.5) is 0 Å². The van der Waals surface area contributed by atoms with E-state index in [2.05, 4.69) is 42.2 Å². The van der Waals surface area contributed by atoms with Crippen molar-refractivity contribution in [1.82, 2.24) is 4.90 Å². The van der Waals surface area contributed by atoms with Crippen molar-refractivity contribution in [3.63, 3.8) is 0 Å². The summed E-state index contributed by atoms with van der Waals surface area (Å²) in [5, 5.41) is 21.4. The fourth-order valence-electron chi connectivity index (χ4n) is 6.66. The number of fused-ring (bicyclic) bond motifs is 3. The van der Waals surface area contributed by atoms with Gasteiger partial charge in [-0.05, 0) is 80.7 Å². The summed E-state index contributed by atoms with van der Waals surface area (Å²) in [4.78, 5) is 14.0. The minimum atomic E-state index is -0.628. The molecule has 2 heterocycles. The molecule has 2 aromatic rings. The van der Waals surface area contributed by atoms with E-state index in [9.17, 15) is 15.2 Å². The van der Waals surface area contributed by atoms with Crippen molar-refractivity contribution in [1.29, 1.82) is 5.26 Å². The fourth-order valence-corrected chi connectivity index (χ4v) is 6.66. The largest absolute Gasteiger partial charge is 0.489 e. The van der Waals surface area contributed by atoms with Crippen LogP contribution in [0.5, 0.6) is 5.75 Å². The maximum absolute atomic E-state index is 11.4. The van der Waals surface area contributed by atoms with Gasteiger partial charge in [-0.3, -0.25) is 9.69 Å². The smallest absolute Gasteiger partial charge is 0.306 e. The molecule has 5 heteroatoms. The predicted octanol–water partition coefficient (Wildman–Crippen LogP) is 5.93. The van der Waals surface area contributed by atoms with Crippen LogP contribution in [0.15, 0.2) is 30.3 Å². The van der Waals surface area contributed by atoms with Gasteiger partial charge in [-0.15, -0.1) is 0 Å². The summed E-state index contributed by atoms with van der Waals surface area (Å²) in [5.74, 6) is 0.748. The Bertz CT molecular complexity index is 1070. The number of hydrogen-bond acceptors (Lipinski definition) is 4. The molecule has 3 aliphatic rings. The van der Waals surface area contributed by atoms with Gasteiger partial charge in [0.1, 0.15) is 17.4 Å². The quantitative estimate of drug-likeness (QED) is 0.554. The SMILES string of the molecule is CCC1CCC(Oc2ccc3cc(CCN4C5CCC4CC(C(=O)O)C5)ccc3c2C#N)CC1. The first kappa shape index (κ1) is 23.2. The zero-order valence-electron chi connectivity index (χ0n) is 20.2. The fraction of sp³-hybridized carbons (Fsp3) is 0.586. The number of carbonyl (C=O) groups is 1. The number of carboxylic acids is 1. The van der Waals surface area contributed by atoms with Crippen molar-refractivity contribution in [2.24, 2.45) is 11.8 Å². The van der Waals surface area contributed by atoms with Crippen LogP contribution >= 0.6 is 0 Å². The maximum atomic E-state index is 11.4. The molecule has 0 radical (unpaired) electrons. The lowest BCUT2D eigenvalue weighted by Crippen LogP contribution is -2.45. The van der Waals surface area contributed by atoms with Crippen molar-refractivity contribution >= 4 is 16.7 Å². The highest BCUT2D eigenvalue weighted by atomic mass is 16.5. The van der Waals surface area contributed by atoms with E-state index in [-0.39, 0.29) is 12.0 Å². The Morgan fingerprint density at radius 1 is 1.09 bits per heavy atom. The summed E-state index contributed by atoms with van der Waals surface area (Å²) >= 11 is 0. The molecule has 34 heavy (non-hydrogen) atoms. The molecule has 2 atom stereocenters. The molecule has 1 N–H and O–H groups in total. The summed E-state index contributed by atoms with van der Waals surface area (Å²) in [5.41, 5.74) is 1.91. The highest BCUT2D eigenvalue weighted by molar-refractivity contribution is 5.90. The summed E-state index contributed by atoms with van der Waals surface area (Å²) < 4.78 is 6.32. The van der Waals surface area contributed by atoms with Crippen molar-refractivity contribution in [2.75, 3.05) is 6.54 Å². The second-order valence-electron chi connectivity index (χ2n) is 10.7. The van der Waals surface area contributed by atoms with Crippen LogP contribution in [0, 0.1) is 23.2 Å². The molecule has 1 aliphatic carbocycles. The number of nitrogens with zero attached hydrogens (tertiary/aromatic N) is 2. The van der Waals surface area contributed by atoms with Gasteiger partial charge in [0.2, 0.25) is 0 Å². The topological polar surface area (TPSA) is 73.6 Å². The Labute approximate surface area is 202 Å². The van der Waals surface area contributed by atoms with Gasteiger partial charge < -0.3 is 9.84 Å². The monoisotopic (exact) mass is 460 g/mol. The molecule has 5 nitrogen and oxygen atoms in total. The lowest BCUT2D eigenvalue weighted by Gasteiger charge is -2.37. The zero-order chi connectivity index (χ0) is 23.7. The third-order valence-corrected chi connectivity index (χ3v) is 8.71. The molecule has 2 saturated heterocycles. The van der Waals surface area contributed by atoms with Crippen LogP contribution in [-0.2, 0) is 11.2 Å². The van der Waals surface area contributed by atoms with E-state index < -0.39 is 5.97 Å². The number of hydrogen-bond donors (Lipinski definition) is 1. The van der Waals surface area contributed by atoms with Crippen LogP contribution in [0.25, 0.3) is 10.8 Å². The van der Waals surface area contributed by atoms with E-state index in [1.165, 1.54) is 24.8 Å². The third-order valence-electron chi connectivity index (χ3n) is 8.71. The first-order valence-electron chi connectivity index (χ1n) is 13.2. The Kier molecular flexibility index (Phi) is 6.79. The van der Waals surface area contributed by atoms with E-state index >= 15 is 0 Å². The Hall–Kier alpha value is -2.58. The molecule has 2 aliphatic heterocycles. The van der Waals surface area contributed by atoms with E-state index in [1.54, 1.807) is 0 Å². The van der Waals surface area contributed by atoms with Gasteiger partial charge in [-0.25, -0.2) is 0 Å². The average Bonchev–Trinajstić information content (AvgIpc) is 3.09. The number of benzene rings is 2. The number of rotatable bonds is 7. The van der Waals surface area contributed by atoms with Gasteiger partial charge in [0.05, 0.1) is 12.0 Å². The molecule has 3 fully saturated rings. The minimum Gasteiger partial charge on any atom is -0.489 e. The second-order valence-corrected chi connectivity index (χ2v) is 10.7. The molecule has 0 amide bonds. The number of piperidine rings is 1. The molecule has 0 aromatic heterocycles. The number of ether oxygens (including phenoxy) is 1. The van der Waals surface area contributed by atoms with Crippen LogP contribution in [0.3, 0.4) is 0 Å². The van der Waals surface area contributed by atoms with Gasteiger partial charge in [0, 0.05) is 24.0 Å². The van der Waals surface area contributed by atoms with Gasteiger partial charge in [0.15, 0.2) is 0 Å². The summed E-state index contributed by atoms with van der Waals surface area (Å²) in [6.07, 6.45) is 10.8. The van der Waals surface area contributed by atoms with E-state index in [4.69, 9.17) is 4.74 Å². The summed E-state index contributed by atoms with van der Waals surface area (Å²) in [6.45, 7) is 3.24. The zero-order valence-corrected chi connectivity index (χ0v) is 20.2. The molecule has 180 valence electrons. The van der Waals surface area contributed by atoms with Crippen LogP contribution < -0.4 is 4.74 Å².